The number of morpholine rings is 1. The molecule has 0 saturated carbocycles. The van der Waals surface area contributed by atoms with Crippen LogP contribution in [0.5, 0.6) is 5.75 Å². The highest BCUT2D eigenvalue weighted by atomic mass is 16.5. The third-order valence-corrected chi connectivity index (χ3v) is 3.94. The Bertz CT molecular complexity index is 629. The average Bonchev–Trinajstić information content (AvgIpc) is 3.05. The summed E-state index contributed by atoms with van der Waals surface area (Å²) in [5, 5.41) is 7.25. The van der Waals surface area contributed by atoms with Gasteiger partial charge in [-0.15, -0.1) is 0 Å². The molecule has 1 atom stereocenters. The maximum Gasteiger partial charge on any atom is 0.180 e. The molecule has 1 aromatic carbocycles. The summed E-state index contributed by atoms with van der Waals surface area (Å²) >= 11 is 0. The van der Waals surface area contributed by atoms with Crippen LogP contribution in [-0.2, 0) is 17.7 Å². The van der Waals surface area contributed by atoms with Crippen LogP contribution in [0, 0.1) is 0 Å². The molecule has 0 amide bonds. The van der Waals surface area contributed by atoms with Crippen LogP contribution in [0.3, 0.4) is 0 Å². The fourth-order valence-corrected chi connectivity index (χ4v) is 2.77. The molecule has 1 fully saturated rings. The zero-order valence-corrected chi connectivity index (χ0v) is 13.8. The quantitative estimate of drug-likeness (QED) is 0.886. The number of rotatable bonds is 6. The molecule has 0 radical (unpaired) electrons. The van der Waals surface area contributed by atoms with Gasteiger partial charge in [0.2, 0.25) is 0 Å². The number of H-pyrrole nitrogens is 1. The highest BCUT2D eigenvalue weighted by Crippen LogP contribution is 2.22. The largest absolute Gasteiger partial charge is 0.494 e. The van der Waals surface area contributed by atoms with Gasteiger partial charge in [-0.2, -0.15) is 5.10 Å². The Morgan fingerprint density at radius 3 is 3.09 bits per heavy atom. The predicted octanol–water partition coefficient (Wildman–Crippen LogP) is 2.34. The van der Waals surface area contributed by atoms with E-state index < -0.39 is 0 Å². The summed E-state index contributed by atoms with van der Waals surface area (Å²) in [5.41, 5.74) is 1.25. The van der Waals surface area contributed by atoms with Crippen LogP contribution >= 0.6 is 0 Å². The van der Waals surface area contributed by atoms with E-state index in [9.17, 15) is 0 Å². The number of aryl methyl sites for hydroxylation is 1. The van der Waals surface area contributed by atoms with Crippen LogP contribution in [0.4, 0.5) is 0 Å². The molecule has 0 bridgehead atoms. The standard InChI is InChI=1S/C17H24N4O2/c1-3-16-18-17(20-19-16)15-12-21(8-9-23-15)11-13-6-5-7-14(10-13)22-4-2/h5-7,10,15H,3-4,8-9,11-12H2,1-2H3,(H,18,19,20). The van der Waals surface area contributed by atoms with Crippen LogP contribution in [0.1, 0.15) is 37.2 Å². The third-order valence-electron chi connectivity index (χ3n) is 3.94. The van der Waals surface area contributed by atoms with Crippen LogP contribution in [-0.4, -0.2) is 46.4 Å². The van der Waals surface area contributed by atoms with E-state index in [0.29, 0.717) is 13.2 Å². The first kappa shape index (κ1) is 16.0. The Morgan fingerprint density at radius 1 is 1.39 bits per heavy atom. The number of nitrogens with zero attached hydrogens (tertiary/aromatic N) is 3. The van der Waals surface area contributed by atoms with Crippen LogP contribution < -0.4 is 4.74 Å². The van der Waals surface area contributed by atoms with Gasteiger partial charge in [0, 0.05) is 26.1 Å². The summed E-state index contributed by atoms with van der Waals surface area (Å²) in [7, 11) is 0. The number of aromatic amines is 1. The van der Waals surface area contributed by atoms with Crippen LogP contribution in [0.15, 0.2) is 24.3 Å². The van der Waals surface area contributed by atoms with E-state index in [0.717, 1.165) is 43.5 Å². The van der Waals surface area contributed by atoms with Crippen molar-refractivity contribution in [3.63, 3.8) is 0 Å². The van der Waals surface area contributed by atoms with Crippen molar-refractivity contribution in [2.75, 3.05) is 26.3 Å². The highest BCUT2D eigenvalue weighted by Gasteiger charge is 2.25. The zero-order valence-electron chi connectivity index (χ0n) is 13.8. The summed E-state index contributed by atoms with van der Waals surface area (Å²) in [6, 6.07) is 8.28. The molecule has 23 heavy (non-hydrogen) atoms. The summed E-state index contributed by atoms with van der Waals surface area (Å²) in [6.45, 7) is 8.05. The summed E-state index contributed by atoms with van der Waals surface area (Å²) < 4.78 is 11.4. The third kappa shape index (κ3) is 4.09. The Morgan fingerprint density at radius 2 is 2.30 bits per heavy atom. The predicted molar refractivity (Wildman–Crippen MR) is 87.3 cm³/mol. The second-order valence-electron chi connectivity index (χ2n) is 5.67. The Kier molecular flexibility index (Phi) is 5.25. The van der Waals surface area contributed by atoms with Crippen molar-refractivity contribution in [1.29, 1.82) is 0 Å². The molecule has 1 N–H and O–H groups in total. The molecule has 1 aliphatic heterocycles. The van der Waals surface area contributed by atoms with E-state index in [4.69, 9.17) is 9.47 Å². The molecule has 1 unspecified atom stereocenters. The topological polar surface area (TPSA) is 63.3 Å². The van der Waals surface area contributed by atoms with Gasteiger partial charge in [0.25, 0.3) is 0 Å². The first-order valence-corrected chi connectivity index (χ1v) is 8.25. The lowest BCUT2D eigenvalue weighted by Crippen LogP contribution is -2.38. The van der Waals surface area contributed by atoms with Gasteiger partial charge in [-0.25, -0.2) is 4.98 Å². The number of aromatic nitrogens is 3. The number of ether oxygens (including phenoxy) is 2. The first-order valence-electron chi connectivity index (χ1n) is 8.25. The van der Waals surface area contributed by atoms with E-state index in [-0.39, 0.29) is 6.10 Å². The SMILES string of the molecule is CCOc1cccc(CN2CCOC(c3n[nH]c(CC)n3)C2)c1. The minimum Gasteiger partial charge on any atom is -0.494 e. The smallest absolute Gasteiger partial charge is 0.180 e. The van der Waals surface area contributed by atoms with Gasteiger partial charge >= 0.3 is 0 Å². The normalized spacial score (nSPS) is 19.0. The van der Waals surface area contributed by atoms with E-state index >= 15 is 0 Å². The molecular weight excluding hydrogens is 292 g/mol. The average molecular weight is 316 g/mol. The molecule has 1 aromatic heterocycles. The van der Waals surface area contributed by atoms with Gasteiger partial charge in [0.1, 0.15) is 17.7 Å². The number of benzene rings is 1. The van der Waals surface area contributed by atoms with Gasteiger partial charge in [-0.1, -0.05) is 19.1 Å². The molecule has 1 aliphatic rings. The van der Waals surface area contributed by atoms with Gasteiger partial charge in [-0.3, -0.25) is 10.00 Å². The van der Waals surface area contributed by atoms with Crippen molar-refractivity contribution in [2.24, 2.45) is 0 Å². The molecule has 6 heteroatoms. The lowest BCUT2D eigenvalue weighted by atomic mass is 10.1. The maximum absolute atomic E-state index is 5.84. The molecule has 2 heterocycles. The molecular formula is C17H24N4O2. The Balaban J connectivity index is 1.63. The number of hydrogen-bond donors (Lipinski definition) is 1. The lowest BCUT2D eigenvalue weighted by Gasteiger charge is -2.31. The van der Waals surface area contributed by atoms with Crippen molar-refractivity contribution in [3.8, 4) is 5.75 Å². The maximum atomic E-state index is 5.84. The second-order valence-corrected chi connectivity index (χ2v) is 5.67. The minimum atomic E-state index is -0.0598. The summed E-state index contributed by atoms with van der Waals surface area (Å²) in [5.74, 6) is 2.59. The fourth-order valence-electron chi connectivity index (χ4n) is 2.77. The molecule has 2 aromatic rings. The molecule has 124 valence electrons. The molecule has 3 rings (SSSR count). The van der Waals surface area contributed by atoms with E-state index in [1.54, 1.807) is 0 Å². The molecule has 1 saturated heterocycles. The fraction of sp³-hybridized carbons (Fsp3) is 0.529. The van der Waals surface area contributed by atoms with E-state index in [1.807, 2.05) is 19.1 Å². The van der Waals surface area contributed by atoms with Crippen molar-refractivity contribution in [1.82, 2.24) is 20.1 Å². The van der Waals surface area contributed by atoms with Gasteiger partial charge in [0.15, 0.2) is 5.82 Å². The van der Waals surface area contributed by atoms with Crippen LogP contribution in [0.25, 0.3) is 0 Å². The molecule has 6 nitrogen and oxygen atoms in total. The Labute approximate surface area is 136 Å². The van der Waals surface area contributed by atoms with E-state index in [1.165, 1.54) is 5.56 Å². The zero-order chi connectivity index (χ0) is 16.1. The summed E-state index contributed by atoms with van der Waals surface area (Å²) in [6.07, 6.45) is 0.795. The Hall–Kier alpha value is -1.92. The highest BCUT2D eigenvalue weighted by molar-refractivity contribution is 5.28. The lowest BCUT2D eigenvalue weighted by molar-refractivity contribution is -0.0370. The number of nitrogens with one attached hydrogen (secondary N) is 1. The van der Waals surface area contributed by atoms with Crippen molar-refractivity contribution < 1.29 is 9.47 Å². The summed E-state index contributed by atoms with van der Waals surface area (Å²) in [4.78, 5) is 6.87. The van der Waals surface area contributed by atoms with Crippen molar-refractivity contribution in [2.45, 2.75) is 32.9 Å². The van der Waals surface area contributed by atoms with E-state index in [2.05, 4.69) is 39.1 Å². The minimum absolute atomic E-state index is 0.0598. The van der Waals surface area contributed by atoms with Crippen molar-refractivity contribution >= 4 is 0 Å². The van der Waals surface area contributed by atoms with Gasteiger partial charge in [-0.05, 0) is 24.6 Å². The molecule has 0 aliphatic carbocycles. The molecule has 0 spiro atoms. The van der Waals surface area contributed by atoms with Crippen LogP contribution in [0.2, 0.25) is 0 Å². The van der Waals surface area contributed by atoms with Gasteiger partial charge in [0.05, 0.1) is 13.2 Å². The van der Waals surface area contributed by atoms with Crippen molar-refractivity contribution in [3.05, 3.63) is 41.5 Å². The first-order chi connectivity index (χ1) is 11.3. The monoisotopic (exact) mass is 316 g/mol. The number of hydrogen-bond acceptors (Lipinski definition) is 5. The van der Waals surface area contributed by atoms with Gasteiger partial charge < -0.3 is 9.47 Å². The second kappa shape index (κ2) is 7.57.